The molecule has 2 rings (SSSR count). The zero-order valence-corrected chi connectivity index (χ0v) is 13.0. The van der Waals surface area contributed by atoms with Crippen molar-refractivity contribution in [3.05, 3.63) is 12.3 Å². The maximum absolute atomic E-state index is 11.4. The van der Waals surface area contributed by atoms with E-state index in [1.165, 1.54) is 0 Å². The number of ether oxygens (including phenoxy) is 2. The molecule has 7 heteroatoms. The molecular weight excluding hydrogens is 280 g/mol. The molecule has 6 nitrogen and oxygen atoms in total. The molecule has 112 valence electrons. The number of rotatable bonds is 5. The number of hydrogen-bond donors (Lipinski definition) is 1. The van der Waals surface area contributed by atoms with Crippen LogP contribution in [0.4, 0.5) is 5.69 Å². The predicted molar refractivity (Wildman–Crippen MR) is 76.7 cm³/mol. The van der Waals surface area contributed by atoms with Crippen LogP contribution in [0.2, 0.25) is 0 Å². The minimum atomic E-state index is -3.41. The molecule has 1 aromatic rings. The molecule has 0 saturated heterocycles. The Morgan fingerprint density at radius 2 is 2.00 bits per heavy atom. The highest BCUT2D eigenvalue weighted by Gasteiger charge is 2.25. The van der Waals surface area contributed by atoms with Gasteiger partial charge in [0.05, 0.1) is 18.6 Å². The SMILES string of the molecule is CC(C)(C)Oc1ncc(OC2CC2)cc1NS(C)(=O)=O. The maximum Gasteiger partial charge on any atom is 0.239 e. The van der Waals surface area contributed by atoms with Crippen molar-refractivity contribution >= 4 is 15.7 Å². The first-order valence-electron chi connectivity index (χ1n) is 6.46. The number of nitrogens with one attached hydrogen (secondary N) is 1. The molecule has 0 spiro atoms. The fourth-order valence-corrected chi connectivity index (χ4v) is 2.07. The van der Waals surface area contributed by atoms with Crippen molar-refractivity contribution in [1.29, 1.82) is 0 Å². The van der Waals surface area contributed by atoms with Crippen LogP contribution >= 0.6 is 0 Å². The van der Waals surface area contributed by atoms with Crippen molar-refractivity contribution in [3.8, 4) is 11.6 Å². The van der Waals surface area contributed by atoms with E-state index < -0.39 is 15.6 Å². The summed E-state index contributed by atoms with van der Waals surface area (Å²) in [6.07, 6.45) is 4.90. The van der Waals surface area contributed by atoms with Crippen LogP contribution in [0.15, 0.2) is 12.3 Å². The lowest BCUT2D eigenvalue weighted by atomic mass is 10.2. The van der Waals surface area contributed by atoms with E-state index in [0.717, 1.165) is 19.1 Å². The number of nitrogens with zero attached hydrogens (tertiary/aromatic N) is 1. The zero-order chi connectivity index (χ0) is 15.0. The van der Waals surface area contributed by atoms with E-state index in [1.807, 2.05) is 20.8 Å². The van der Waals surface area contributed by atoms with Gasteiger partial charge in [0, 0.05) is 6.07 Å². The van der Waals surface area contributed by atoms with E-state index in [9.17, 15) is 8.42 Å². The van der Waals surface area contributed by atoms with Crippen LogP contribution in [0.25, 0.3) is 0 Å². The molecule has 0 amide bonds. The van der Waals surface area contributed by atoms with E-state index in [2.05, 4.69) is 9.71 Å². The van der Waals surface area contributed by atoms with Crippen molar-refractivity contribution in [2.45, 2.75) is 45.3 Å². The average Bonchev–Trinajstić information content (AvgIpc) is 3.02. The van der Waals surface area contributed by atoms with Crippen LogP contribution < -0.4 is 14.2 Å². The topological polar surface area (TPSA) is 77.5 Å². The Morgan fingerprint density at radius 1 is 1.35 bits per heavy atom. The third-order valence-corrected chi connectivity index (χ3v) is 2.94. The van der Waals surface area contributed by atoms with Crippen LogP contribution in [0.3, 0.4) is 0 Å². The Morgan fingerprint density at radius 3 is 2.50 bits per heavy atom. The van der Waals surface area contributed by atoms with Gasteiger partial charge in [0.2, 0.25) is 15.9 Å². The highest BCUT2D eigenvalue weighted by atomic mass is 32.2. The summed E-state index contributed by atoms with van der Waals surface area (Å²) in [5.74, 6) is 0.783. The van der Waals surface area contributed by atoms with Crippen molar-refractivity contribution in [3.63, 3.8) is 0 Å². The Bertz CT molecular complexity index is 589. The van der Waals surface area contributed by atoms with Crippen molar-refractivity contribution in [2.75, 3.05) is 11.0 Å². The fraction of sp³-hybridized carbons (Fsp3) is 0.615. The van der Waals surface area contributed by atoms with Gasteiger partial charge in [-0.3, -0.25) is 4.72 Å². The maximum atomic E-state index is 11.4. The molecule has 1 aliphatic rings. The molecule has 0 radical (unpaired) electrons. The van der Waals surface area contributed by atoms with E-state index in [4.69, 9.17) is 9.47 Å². The largest absolute Gasteiger partial charge is 0.489 e. The van der Waals surface area contributed by atoms with Crippen molar-refractivity contribution < 1.29 is 17.9 Å². The molecule has 1 aliphatic carbocycles. The summed E-state index contributed by atoms with van der Waals surface area (Å²) < 4.78 is 36.5. The van der Waals surface area contributed by atoms with Gasteiger partial charge in [-0.15, -0.1) is 0 Å². The predicted octanol–water partition coefficient (Wildman–Crippen LogP) is 2.17. The summed E-state index contributed by atoms with van der Waals surface area (Å²) in [6.45, 7) is 5.61. The van der Waals surface area contributed by atoms with Gasteiger partial charge >= 0.3 is 0 Å². The number of anilines is 1. The lowest BCUT2D eigenvalue weighted by Gasteiger charge is -2.22. The summed E-state index contributed by atoms with van der Waals surface area (Å²) in [7, 11) is -3.41. The zero-order valence-electron chi connectivity index (χ0n) is 12.1. The third-order valence-electron chi connectivity index (χ3n) is 2.35. The van der Waals surface area contributed by atoms with Gasteiger partial charge < -0.3 is 9.47 Å². The summed E-state index contributed by atoms with van der Waals surface area (Å²) >= 11 is 0. The fourth-order valence-electron chi connectivity index (χ4n) is 1.52. The Balaban J connectivity index is 2.28. The van der Waals surface area contributed by atoms with E-state index in [1.54, 1.807) is 12.3 Å². The lowest BCUT2D eigenvalue weighted by Crippen LogP contribution is -2.24. The molecule has 1 fully saturated rings. The van der Waals surface area contributed by atoms with E-state index >= 15 is 0 Å². The molecule has 20 heavy (non-hydrogen) atoms. The van der Waals surface area contributed by atoms with Gasteiger partial charge in [0.25, 0.3) is 0 Å². The van der Waals surface area contributed by atoms with Gasteiger partial charge in [-0.1, -0.05) is 0 Å². The van der Waals surface area contributed by atoms with Crippen LogP contribution in [-0.4, -0.2) is 31.4 Å². The second-order valence-electron chi connectivity index (χ2n) is 5.93. The van der Waals surface area contributed by atoms with Gasteiger partial charge in [-0.25, -0.2) is 13.4 Å². The molecule has 0 bridgehead atoms. The molecule has 1 saturated carbocycles. The summed E-state index contributed by atoms with van der Waals surface area (Å²) in [5.41, 5.74) is -0.180. The van der Waals surface area contributed by atoms with E-state index in [0.29, 0.717) is 11.4 Å². The van der Waals surface area contributed by atoms with Gasteiger partial charge in [-0.05, 0) is 33.6 Å². The molecule has 0 atom stereocenters. The molecular formula is C13H20N2O4S. The summed E-state index contributed by atoms with van der Waals surface area (Å²) in [4.78, 5) is 4.15. The van der Waals surface area contributed by atoms with Crippen LogP contribution in [0.1, 0.15) is 33.6 Å². The standard InChI is InChI=1S/C13H20N2O4S/c1-13(2,3)19-12-11(15-20(4,16)17)7-10(8-14-12)18-9-5-6-9/h7-9,15H,5-6H2,1-4H3. The average molecular weight is 300 g/mol. The molecule has 1 N–H and O–H groups in total. The molecule has 0 aromatic carbocycles. The second-order valence-corrected chi connectivity index (χ2v) is 7.68. The number of pyridine rings is 1. The first-order chi connectivity index (χ1) is 9.12. The normalized spacial score (nSPS) is 15.8. The highest BCUT2D eigenvalue weighted by Crippen LogP contribution is 2.33. The van der Waals surface area contributed by atoms with Crippen LogP contribution in [0, 0.1) is 0 Å². The molecule has 1 heterocycles. The summed E-state index contributed by atoms with van der Waals surface area (Å²) in [5, 5.41) is 0. The Labute approximate surface area is 119 Å². The smallest absolute Gasteiger partial charge is 0.239 e. The van der Waals surface area contributed by atoms with Gasteiger partial charge in [0.1, 0.15) is 17.0 Å². The monoisotopic (exact) mass is 300 g/mol. The Kier molecular flexibility index (Phi) is 3.82. The Hall–Kier alpha value is -1.50. The van der Waals surface area contributed by atoms with Gasteiger partial charge in [-0.2, -0.15) is 0 Å². The first-order valence-corrected chi connectivity index (χ1v) is 8.35. The minimum Gasteiger partial charge on any atom is -0.489 e. The quantitative estimate of drug-likeness (QED) is 0.901. The summed E-state index contributed by atoms with van der Waals surface area (Å²) in [6, 6.07) is 1.60. The molecule has 0 aliphatic heterocycles. The first kappa shape index (κ1) is 14.9. The third kappa shape index (κ3) is 4.88. The van der Waals surface area contributed by atoms with Crippen LogP contribution in [0.5, 0.6) is 11.6 Å². The van der Waals surface area contributed by atoms with Crippen molar-refractivity contribution in [2.24, 2.45) is 0 Å². The number of sulfonamides is 1. The van der Waals surface area contributed by atoms with Crippen molar-refractivity contribution in [1.82, 2.24) is 4.98 Å². The number of hydrogen-bond acceptors (Lipinski definition) is 5. The molecule has 0 unspecified atom stereocenters. The van der Waals surface area contributed by atoms with Crippen LogP contribution in [-0.2, 0) is 10.0 Å². The second kappa shape index (κ2) is 5.12. The highest BCUT2D eigenvalue weighted by molar-refractivity contribution is 7.92. The molecule has 1 aromatic heterocycles. The van der Waals surface area contributed by atoms with Gasteiger partial charge in [0.15, 0.2) is 0 Å². The number of aromatic nitrogens is 1. The van der Waals surface area contributed by atoms with E-state index in [-0.39, 0.29) is 12.0 Å². The lowest BCUT2D eigenvalue weighted by molar-refractivity contribution is 0.125. The minimum absolute atomic E-state index is 0.220.